The van der Waals surface area contributed by atoms with Crippen LogP contribution in [0.3, 0.4) is 0 Å². The van der Waals surface area contributed by atoms with E-state index in [1.807, 2.05) is 64.1 Å². The Bertz CT molecular complexity index is 928. The molecule has 5 heteroatoms. The molecule has 0 bridgehead atoms. The second-order valence-corrected chi connectivity index (χ2v) is 6.44. The summed E-state index contributed by atoms with van der Waals surface area (Å²) in [6, 6.07) is 11.9. The minimum absolute atomic E-state index is 0.230. The topological polar surface area (TPSA) is 66.9 Å². The van der Waals surface area contributed by atoms with Gasteiger partial charge >= 0.3 is 0 Å². The van der Waals surface area contributed by atoms with E-state index in [-0.39, 0.29) is 5.91 Å². The predicted octanol–water partition coefficient (Wildman–Crippen LogP) is 4.71. The number of aromatic nitrogens is 2. The lowest BCUT2D eigenvalue weighted by Crippen LogP contribution is -2.13. The van der Waals surface area contributed by atoms with E-state index in [0.717, 1.165) is 28.1 Å². The number of para-hydroxylation sites is 1. The Kier molecular flexibility index (Phi) is 4.98. The summed E-state index contributed by atoms with van der Waals surface area (Å²) in [5, 5.41) is 6.09. The zero-order valence-electron chi connectivity index (χ0n) is 15.4. The molecule has 0 fully saturated rings. The van der Waals surface area contributed by atoms with Gasteiger partial charge in [-0.25, -0.2) is 9.97 Å². The average molecular weight is 346 g/mol. The van der Waals surface area contributed by atoms with Gasteiger partial charge in [-0.3, -0.25) is 4.79 Å². The third-order valence-corrected chi connectivity index (χ3v) is 4.40. The highest BCUT2D eigenvalue weighted by molar-refractivity contribution is 6.04. The van der Waals surface area contributed by atoms with Gasteiger partial charge in [-0.1, -0.05) is 24.3 Å². The van der Waals surface area contributed by atoms with Gasteiger partial charge in [0.25, 0.3) is 5.91 Å². The van der Waals surface area contributed by atoms with Crippen molar-refractivity contribution in [1.82, 2.24) is 9.97 Å². The predicted molar refractivity (Wildman–Crippen MR) is 105 cm³/mol. The number of rotatable bonds is 4. The monoisotopic (exact) mass is 346 g/mol. The summed E-state index contributed by atoms with van der Waals surface area (Å²) in [5.74, 6) is 0.233. The van der Waals surface area contributed by atoms with Crippen molar-refractivity contribution >= 4 is 23.2 Å². The number of carbonyl (C=O) groups excluding carboxylic acids is 1. The van der Waals surface area contributed by atoms with Crippen LogP contribution in [0, 0.1) is 27.7 Å². The fraction of sp³-hybridized carbons (Fsp3) is 0.190. The zero-order chi connectivity index (χ0) is 18.7. The lowest BCUT2D eigenvalue weighted by atomic mass is 10.1. The molecule has 0 spiro atoms. The van der Waals surface area contributed by atoms with Crippen LogP contribution in [0.15, 0.2) is 48.8 Å². The lowest BCUT2D eigenvalue weighted by Gasteiger charge is -2.11. The maximum atomic E-state index is 12.4. The molecular weight excluding hydrogens is 324 g/mol. The summed E-state index contributed by atoms with van der Waals surface area (Å²) in [6.07, 6.45) is 3.05. The molecule has 0 saturated heterocycles. The largest absolute Gasteiger partial charge is 0.324 e. The van der Waals surface area contributed by atoms with Crippen molar-refractivity contribution in [2.24, 2.45) is 0 Å². The minimum atomic E-state index is -0.230. The van der Waals surface area contributed by atoms with Gasteiger partial charge in [0.1, 0.15) is 0 Å². The molecule has 0 saturated carbocycles. The maximum Gasteiger partial charge on any atom is 0.258 e. The first-order valence-electron chi connectivity index (χ1n) is 8.48. The summed E-state index contributed by atoms with van der Waals surface area (Å²) in [7, 11) is 0. The van der Waals surface area contributed by atoms with Crippen LogP contribution in [0.1, 0.15) is 32.6 Å². The quantitative estimate of drug-likeness (QED) is 0.718. The highest BCUT2D eigenvalue weighted by atomic mass is 16.1. The summed E-state index contributed by atoms with van der Waals surface area (Å²) < 4.78 is 0. The van der Waals surface area contributed by atoms with E-state index in [2.05, 4.69) is 20.6 Å². The van der Waals surface area contributed by atoms with Crippen LogP contribution in [0.25, 0.3) is 0 Å². The lowest BCUT2D eigenvalue weighted by molar-refractivity contribution is 0.102. The number of nitrogens with zero attached hydrogens (tertiary/aromatic N) is 2. The van der Waals surface area contributed by atoms with Gasteiger partial charge in [-0.05, 0) is 62.1 Å². The molecule has 1 amide bonds. The molecule has 1 aromatic heterocycles. The Morgan fingerprint density at radius 1 is 0.846 bits per heavy atom. The summed E-state index contributed by atoms with van der Waals surface area (Å²) in [4.78, 5) is 20.9. The third-order valence-electron chi connectivity index (χ3n) is 4.40. The Labute approximate surface area is 153 Å². The smallest absolute Gasteiger partial charge is 0.258 e. The van der Waals surface area contributed by atoms with E-state index < -0.39 is 0 Å². The number of amides is 1. The van der Waals surface area contributed by atoms with Crippen LogP contribution in [0.4, 0.5) is 17.3 Å². The molecule has 2 aromatic carbocycles. The molecular formula is C21H22N4O. The van der Waals surface area contributed by atoms with Gasteiger partial charge in [-0.2, -0.15) is 0 Å². The number of anilines is 3. The average Bonchev–Trinajstić information content (AvgIpc) is 2.62. The van der Waals surface area contributed by atoms with E-state index in [0.29, 0.717) is 11.5 Å². The fourth-order valence-electron chi connectivity index (χ4n) is 2.66. The molecule has 0 atom stereocenters. The summed E-state index contributed by atoms with van der Waals surface area (Å²) in [6.45, 7) is 8.11. The second kappa shape index (κ2) is 7.35. The van der Waals surface area contributed by atoms with E-state index in [1.54, 1.807) is 0 Å². The number of aryl methyl sites for hydroxylation is 4. The van der Waals surface area contributed by atoms with Crippen LogP contribution < -0.4 is 10.6 Å². The third kappa shape index (κ3) is 3.88. The van der Waals surface area contributed by atoms with Crippen LogP contribution in [-0.4, -0.2) is 15.9 Å². The van der Waals surface area contributed by atoms with Gasteiger partial charge in [0.05, 0.1) is 5.56 Å². The van der Waals surface area contributed by atoms with E-state index in [9.17, 15) is 4.79 Å². The molecule has 1 heterocycles. The highest BCUT2D eigenvalue weighted by Gasteiger charge is 2.09. The standard InChI is InChI=1S/C21H22N4O/c1-13-8-9-18(10-16(13)4)24-20(26)17-11-22-21(23-12-17)25-19-14(2)6-5-7-15(19)3/h5-12H,1-4H3,(H,24,26)(H,22,23,25). The van der Waals surface area contributed by atoms with Crippen molar-refractivity contribution in [3.63, 3.8) is 0 Å². The van der Waals surface area contributed by atoms with E-state index in [4.69, 9.17) is 0 Å². The Morgan fingerprint density at radius 2 is 1.50 bits per heavy atom. The number of nitrogens with one attached hydrogen (secondary N) is 2. The van der Waals surface area contributed by atoms with Gasteiger partial charge in [-0.15, -0.1) is 0 Å². The van der Waals surface area contributed by atoms with Gasteiger partial charge in [0.2, 0.25) is 5.95 Å². The second-order valence-electron chi connectivity index (χ2n) is 6.44. The Morgan fingerprint density at radius 3 is 2.12 bits per heavy atom. The van der Waals surface area contributed by atoms with Gasteiger partial charge in [0.15, 0.2) is 0 Å². The zero-order valence-corrected chi connectivity index (χ0v) is 15.4. The molecule has 0 aliphatic carbocycles. The maximum absolute atomic E-state index is 12.4. The van der Waals surface area contributed by atoms with E-state index >= 15 is 0 Å². The fourth-order valence-corrected chi connectivity index (χ4v) is 2.66. The summed E-state index contributed by atoms with van der Waals surface area (Å²) in [5.41, 5.74) is 6.71. The normalized spacial score (nSPS) is 10.5. The number of hydrogen-bond acceptors (Lipinski definition) is 4. The highest BCUT2D eigenvalue weighted by Crippen LogP contribution is 2.22. The molecule has 0 radical (unpaired) electrons. The van der Waals surface area contributed by atoms with Crippen LogP contribution in [0.5, 0.6) is 0 Å². The first-order chi connectivity index (χ1) is 12.4. The molecule has 0 unspecified atom stereocenters. The van der Waals surface area contributed by atoms with Crippen molar-refractivity contribution in [3.8, 4) is 0 Å². The molecule has 5 nitrogen and oxygen atoms in total. The van der Waals surface area contributed by atoms with Gasteiger partial charge in [0, 0.05) is 23.8 Å². The van der Waals surface area contributed by atoms with Crippen molar-refractivity contribution in [1.29, 1.82) is 0 Å². The minimum Gasteiger partial charge on any atom is -0.324 e. The van der Waals surface area contributed by atoms with Crippen molar-refractivity contribution in [2.45, 2.75) is 27.7 Å². The van der Waals surface area contributed by atoms with Gasteiger partial charge < -0.3 is 10.6 Å². The first kappa shape index (κ1) is 17.6. The molecule has 0 aliphatic heterocycles. The van der Waals surface area contributed by atoms with Crippen molar-refractivity contribution < 1.29 is 4.79 Å². The molecule has 0 aliphatic rings. The first-order valence-corrected chi connectivity index (χ1v) is 8.48. The molecule has 3 rings (SSSR count). The number of hydrogen-bond donors (Lipinski definition) is 2. The Balaban J connectivity index is 1.72. The molecule has 26 heavy (non-hydrogen) atoms. The van der Waals surface area contributed by atoms with Crippen LogP contribution in [0.2, 0.25) is 0 Å². The summed E-state index contributed by atoms with van der Waals surface area (Å²) >= 11 is 0. The van der Waals surface area contributed by atoms with E-state index in [1.165, 1.54) is 18.0 Å². The number of carbonyl (C=O) groups is 1. The molecule has 132 valence electrons. The van der Waals surface area contributed by atoms with Crippen LogP contribution >= 0.6 is 0 Å². The SMILES string of the molecule is Cc1ccc(NC(=O)c2cnc(Nc3c(C)cccc3C)nc2)cc1C. The Hall–Kier alpha value is -3.21. The molecule has 3 aromatic rings. The molecule has 2 N–H and O–H groups in total. The van der Waals surface area contributed by atoms with Crippen LogP contribution in [-0.2, 0) is 0 Å². The van der Waals surface area contributed by atoms with Crippen molar-refractivity contribution in [3.05, 3.63) is 76.6 Å². The number of benzene rings is 2. The van der Waals surface area contributed by atoms with Crippen molar-refractivity contribution in [2.75, 3.05) is 10.6 Å².